The van der Waals surface area contributed by atoms with Gasteiger partial charge in [0.1, 0.15) is 11.8 Å². The molecule has 0 spiro atoms. The lowest BCUT2D eigenvalue weighted by Crippen LogP contribution is -2.46. The first-order chi connectivity index (χ1) is 11.5. The highest BCUT2D eigenvalue weighted by molar-refractivity contribution is 8.16. The number of carbonyl (C=O) groups is 2. The standard InChI is InChI=1S/C17H23NO4S2/c1-11(2)15(16(20)21)18-14(19)10-22-13-6-4-12(5-7-13)17-23-8-3-9-24-17/h4-7,11,15,17H,3,8-10H2,1-2H3,(H,18,19)(H,20,21)/t15-/m0/s1. The molecule has 5 nitrogen and oxygen atoms in total. The summed E-state index contributed by atoms with van der Waals surface area (Å²) in [5, 5.41) is 11.6. The van der Waals surface area contributed by atoms with Crippen LogP contribution in [0.25, 0.3) is 0 Å². The molecule has 132 valence electrons. The quantitative estimate of drug-likeness (QED) is 0.769. The molecule has 24 heavy (non-hydrogen) atoms. The third kappa shape index (κ3) is 5.63. The van der Waals surface area contributed by atoms with Crippen molar-refractivity contribution in [2.45, 2.75) is 30.9 Å². The number of carboxylic acid groups (broad SMARTS) is 1. The Morgan fingerprint density at radius 1 is 1.25 bits per heavy atom. The maximum Gasteiger partial charge on any atom is 0.326 e. The van der Waals surface area contributed by atoms with Crippen LogP contribution in [0.4, 0.5) is 0 Å². The van der Waals surface area contributed by atoms with E-state index in [2.05, 4.69) is 5.32 Å². The van der Waals surface area contributed by atoms with Crippen LogP contribution in [0.1, 0.15) is 30.4 Å². The Bertz CT molecular complexity index is 556. The van der Waals surface area contributed by atoms with Crippen molar-refractivity contribution in [1.82, 2.24) is 5.32 Å². The van der Waals surface area contributed by atoms with Gasteiger partial charge in [-0.25, -0.2) is 4.79 Å². The number of benzene rings is 1. The molecule has 0 radical (unpaired) electrons. The Kier molecular flexibility index (Phi) is 7.30. The molecule has 1 amide bonds. The molecule has 7 heteroatoms. The minimum atomic E-state index is -1.04. The number of rotatable bonds is 7. The highest BCUT2D eigenvalue weighted by atomic mass is 32.2. The monoisotopic (exact) mass is 369 g/mol. The van der Waals surface area contributed by atoms with E-state index in [1.807, 2.05) is 47.8 Å². The van der Waals surface area contributed by atoms with Crippen LogP contribution in [0, 0.1) is 5.92 Å². The third-order valence-electron chi connectivity index (χ3n) is 3.60. The van der Waals surface area contributed by atoms with Crippen LogP contribution in [-0.2, 0) is 9.59 Å². The minimum Gasteiger partial charge on any atom is -0.484 e. The zero-order valence-electron chi connectivity index (χ0n) is 13.9. The zero-order valence-corrected chi connectivity index (χ0v) is 15.5. The maximum atomic E-state index is 11.8. The fourth-order valence-electron chi connectivity index (χ4n) is 2.28. The number of amides is 1. The Morgan fingerprint density at radius 3 is 2.42 bits per heavy atom. The molecule has 0 saturated carbocycles. The molecule has 1 aliphatic heterocycles. The largest absolute Gasteiger partial charge is 0.484 e. The van der Waals surface area contributed by atoms with Gasteiger partial charge in [-0.3, -0.25) is 4.79 Å². The van der Waals surface area contributed by atoms with Gasteiger partial charge in [-0.2, -0.15) is 0 Å². The summed E-state index contributed by atoms with van der Waals surface area (Å²) in [7, 11) is 0. The van der Waals surface area contributed by atoms with Crippen LogP contribution in [0.5, 0.6) is 5.75 Å². The lowest BCUT2D eigenvalue weighted by molar-refractivity contribution is -0.143. The first-order valence-electron chi connectivity index (χ1n) is 7.95. The molecule has 1 fully saturated rings. The molecule has 1 aromatic carbocycles. The smallest absolute Gasteiger partial charge is 0.326 e. The van der Waals surface area contributed by atoms with Gasteiger partial charge < -0.3 is 15.2 Å². The summed E-state index contributed by atoms with van der Waals surface area (Å²) in [5.74, 6) is 1.34. The Labute approximate surface area is 150 Å². The Morgan fingerprint density at radius 2 is 1.88 bits per heavy atom. The van der Waals surface area contributed by atoms with E-state index in [9.17, 15) is 9.59 Å². The van der Waals surface area contributed by atoms with Crippen molar-refractivity contribution in [2.75, 3.05) is 18.1 Å². The third-order valence-corrected chi connectivity index (χ3v) is 6.61. The van der Waals surface area contributed by atoms with Crippen molar-refractivity contribution >= 4 is 35.4 Å². The van der Waals surface area contributed by atoms with Gasteiger partial charge in [-0.05, 0) is 41.5 Å². The van der Waals surface area contributed by atoms with E-state index in [1.54, 1.807) is 13.8 Å². The fraction of sp³-hybridized carbons (Fsp3) is 0.529. The van der Waals surface area contributed by atoms with Gasteiger partial charge in [-0.1, -0.05) is 26.0 Å². The fourth-order valence-corrected chi connectivity index (χ4v) is 5.17. The first kappa shape index (κ1) is 19.0. The van der Waals surface area contributed by atoms with Crippen LogP contribution in [0.15, 0.2) is 24.3 Å². The Balaban J connectivity index is 1.83. The van der Waals surface area contributed by atoms with Crippen molar-refractivity contribution < 1.29 is 19.4 Å². The molecule has 0 bridgehead atoms. The van der Waals surface area contributed by atoms with Crippen LogP contribution in [0.2, 0.25) is 0 Å². The van der Waals surface area contributed by atoms with Crippen molar-refractivity contribution in [1.29, 1.82) is 0 Å². The number of ether oxygens (including phenoxy) is 1. The molecule has 0 aliphatic carbocycles. The van der Waals surface area contributed by atoms with Gasteiger partial charge in [-0.15, -0.1) is 23.5 Å². The molecular formula is C17H23NO4S2. The average molecular weight is 370 g/mol. The molecule has 1 saturated heterocycles. The number of thioether (sulfide) groups is 2. The van der Waals surface area contributed by atoms with Gasteiger partial charge in [0.2, 0.25) is 0 Å². The molecule has 1 aromatic rings. The van der Waals surface area contributed by atoms with Gasteiger partial charge in [0, 0.05) is 0 Å². The number of carboxylic acids is 1. The van der Waals surface area contributed by atoms with Crippen LogP contribution in [0.3, 0.4) is 0 Å². The average Bonchev–Trinajstić information content (AvgIpc) is 2.58. The minimum absolute atomic E-state index is 0.184. The number of nitrogens with one attached hydrogen (secondary N) is 1. The highest BCUT2D eigenvalue weighted by Crippen LogP contribution is 2.43. The van der Waals surface area contributed by atoms with Gasteiger partial charge in [0.05, 0.1) is 4.58 Å². The molecule has 2 rings (SSSR count). The maximum absolute atomic E-state index is 11.8. The number of aliphatic carboxylic acids is 1. The number of hydrogen-bond acceptors (Lipinski definition) is 5. The molecule has 0 unspecified atom stereocenters. The predicted octanol–water partition coefficient (Wildman–Crippen LogP) is 3.16. The predicted molar refractivity (Wildman–Crippen MR) is 98.6 cm³/mol. The normalized spacial score (nSPS) is 16.6. The summed E-state index contributed by atoms with van der Waals surface area (Å²) in [6.07, 6.45) is 1.26. The van der Waals surface area contributed by atoms with Crippen molar-refractivity contribution in [3.8, 4) is 5.75 Å². The van der Waals surface area contributed by atoms with Gasteiger partial charge in [0.15, 0.2) is 6.61 Å². The second-order valence-corrected chi connectivity index (χ2v) is 8.64. The van der Waals surface area contributed by atoms with E-state index in [4.69, 9.17) is 9.84 Å². The first-order valence-corrected chi connectivity index (χ1v) is 10.0. The van der Waals surface area contributed by atoms with Crippen molar-refractivity contribution in [3.63, 3.8) is 0 Å². The topological polar surface area (TPSA) is 75.6 Å². The van der Waals surface area contributed by atoms with E-state index >= 15 is 0 Å². The summed E-state index contributed by atoms with van der Waals surface area (Å²) in [6.45, 7) is 3.31. The summed E-state index contributed by atoms with van der Waals surface area (Å²) in [4.78, 5) is 22.9. The zero-order chi connectivity index (χ0) is 17.5. The summed E-state index contributed by atoms with van der Waals surface area (Å²) in [5.41, 5.74) is 1.26. The second kappa shape index (κ2) is 9.22. The molecule has 0 aromatic heterocycles. The SMILES string of the molecule is CC(C)[C@H](NC(=O)COc1ccc(C2SCCCS2)cc1)C(=O)O. The molecule has 2 N–H and O–H groups in total. The van der Waals surface area contributed by atoms with Gasteiger partial charge >= 0.3 is 5.97 Å². The molecule has 1 heterocycles. The molecule has 1 atom stereocenters. The lowest BCUT2D eigenvalue weighted by atomic mass is 10.1. The van der Waals surface area contributed by atoms with Crippen LogP contribution in [-0.4, -0.2) is 41.1 Å². The van der Waals surface area contributed by atoms with E-state index < -0.39 is 17.9 Å². The molecular weight excluding hydrogens is 346 g/mol. The second-order valence-electron chi connectivity index (χ2n) is 5.91. The van der Waals surface area contributed by atoms with Crippen molar-refractivity contribution in [3.05, 3.63) is 29.8 Å². The van der Waals surface area contributed by atoms with E-state index in [1.165, 1.54) is 23.5 Å². The number of hydrogen-bond donors (Lipinski definition) is 2. The lowest BCUT2D eigenvalue weighted by Gasteiger charge is -2.21. The van der Waals surface area contributed by atoms with Crippen molar-refractivity contribution in [2.24, 2.45) is 5.92 Å². The molecule has 1 aliphatic rings. The summed E-state index contributed by atoms with van der Waals surface area (Å²) >= 11 is 3.91. The van der Waals surface area contributed by atoms with Gasteiger partial charge in [0.25, 0.3) is 5.91 Å². The summed E-state index contributed by atoms with van der Waals surface area (Å²) < 4.78 is 5.92. The van der Waals surface area contributed by atoms with E-state index in [0.29, 0.717) is 10.3 Å². The summed E-state index contributed by atoms with van der Waals surface area (Å²) in [6, 6.07) is 6.86. The van der Waals surface area contributed by atoms with E-state index in [-0.39, 0.29) is 12.5 Å². The van der Waals surface area contributed by atoms with Crippen LogP contribution < -0.4 is 10.1 Å². The Hall–Kier alpha value is -1.34. The number of carbonyl (C=O) groups excluding carboxylic acids is 1. The highest BCUT2D eigenvalue weighted by Gasteiger charge is 2.23. The van der Waals surface area contributed by atoms with E-state index in [0.717, 1.165) is 0 Å². The van der Waals surface area contributed by atoms with Crippen LogP contribution >= 0.6 is 23.5 Å².